The van der Waals surface area contributed by atoms with Crippen LogP contribution in [-0.2, 0) is 0 Å². The lowest BCUT2D eigenvalue weighted by molar-refractivity contribution is 0.669. The van der Waals surface area contributed by atoms with Crippen LogP contribution in [0, 0.1) is 0 Å². The van der Waals surface area contributed by atoms with Crippen molar-refractivity contribution < 1.29 is 4.42 Å². The quantitative estimate of drug-likeness (QED) is 0.136. The summed E-state index contributed by atoms with van der Waals surface area (Å²) < 4.78 is 6.15. The van der Waals surface area contributed by atoms with E-state index in [0.29, 0.717) is 0 Å². The SMILES string of the molecule is CC.c1ccc(-c2cccc(-c3cccc(-c4ccc(N(c5ccc(-c6cccc(-c7cccc(-c8ccccc8)c7)c6)cc5)c5ccc(-c6ccc7oc8ccccc8c7c6)cc5)cc4)c3)c2)cc1. The van der Waals surface area contributed by atoms with Crippen LogP contribution in [0.2, 0.25) is 0 Å². The number of rotatable bonds is 10. The summed E-state index contributed by atoms with van der Waals surface area (Å²) in [4.78, 5) is 2.35. The normalized spacial score (nSPS) is 11.0. The number of hydrogen-bond acceptors (Lipinski definition) is 2. The molecule has 0 spiro atoms. The predicted octanol–water partition coefficient (Wildman–Crippen LogP) is 19.8. The monoisotopic (exact) mass is 897 g/mol. The second-order valence-corrected chi connectivity index (χ2v) is 17.3. The molecule has 0 N–H and O–H groups in total. The van der Waals surface area contributed by atoms with Crippen LogP contribution in [0.15, 0.2) is 277 Å². The molecule has 12 aromatic rings. The lowest BCUT2D eigenvalue weighted by Crippen LogP contribution is -2.09. The van der Waals surface area contributed by atoms with Gasteiger partial charge in [-0.15, -0.1) is 0 Å². The molecule has 0 bridgehead atoms. The van der Waals surface area contributed by atoms with E-state index in [1.165, 1.54) is 55.6 Å². The number of anilines is 3. The first-order valence-corrected chi connectivity index (χ1v) is 24.2. The Kier molecular flexibility index (Phi) is 12.3. The van der Waals surface area contributed by atoms with Gasteiger partial charge < -0.3 is 9.32 Å². The highest BCUT2D eigenvalue weighted by Crippen LogP contribution is 2.40. The minimum absolute atomic E-state index is 0.901. The van der Waals surface area contributed by atoms with E-state index < -0.39 is 0 Å². The van der Waals surface area contributed by atoms with Crippen molar-refractivity contribution in [2.24, 2.45) is 0 Å². The van der Waals surface area contributed by atoms with Crippen molar-refractivity contribution in [3.05, 3.63) is 273 Å². The second-order valence-electron chi connectivity index (χ2n) is 17.3. The molecule has 334 valence electrons. The van der Waals surface area contributed by atoms with Gasteiger partial charge in [0.2, 0.25) is 0 Å². The van der Waals surface area contributed by atoms with Gasteiger partial charge in [-0.3, -0.25) is 0 Å². The molecule has 2 nitrogen and oxygen atoms in total. The summed E-state index contributed by atoms with van der Waals surface area (Å²) >= 11 is 0. The third-order valence-corrected chi connectivity index (χ3v) is 13.1. The summed E-state index contributed by atoms with van der Waals surface area (Å²) in [5.41, 5.74) is 21.7. The fourth-order valence-corrected chi connectivity index (χ4v) is 9.54. The van der Waals surface area contributed by atoms with E-state index in [0.717, 1.165) is 61.3 Å². The Morgan fingerprint density at radius 2 is 0.486 bits per heavy atom. The maximum absolute atomic E-state index is 6.15. The predicted molar refractivity (Wildman–Crippen MR) is 298 cm³/mol. The maximum atomic E-state index is 6.15. The van der Waals surface area contributed by atoms with Crippen molar-refractivity contribution in [2.45, 2.75) is 13.8 Å². The Morgan fingerprint density at radius 3 is 0.871 bits per heavy atom. The topological polar surface area (TPSA) is 16.4 Å². The molecule has 0 unspecified atom stereocenters. The lowest BCUT2D eigenvalue weighted by Gasteiger charge is -2.26. The van der Waals surface area contributed by atoms with Crippen LogP contribution in [-0.4, -0.2) is 0 Å². The van der Waals surface area contributed by atoms with Gasteiger partial charge in [-0.2, -0.15) is 0 Å². The van der Waals surface area contributed by atoms with Crippen molar-refractivity contribution in [2.75, 3.05) is 4.90 Å². The molecule has 70 heavy (non-hydrogen) atoms. The summed E-state index contributed by atoms with van der Waals surface area (Å²) in [5, 5.41) is 2.26. The average Bonchev–Trinajstić information content (AvgIpc) is 3.83. The highest BCUT2D eigenvalue weighted by Gasteiger charge is 2.16. The standard InChI is InChI=1S/C66H45NO.C2H6/c1-3-13-46(14-4-1)51-17-9-21-55(41-51)57-23-11-19-53(43-57)48-27-34-60(35-28-48)67(62-38-31-50(32-39-62)59-33-40-66-64(45-59)63-25-7-8-26-65(63)68-66)61-36-29-49(30-37-61)54-20-12-24-58(44-54)56-22-10-18-52(42-56)47-15-5-2-6-16-47;1-2/h1-45H;1-2H3. The number of fused-ring (bicyclic) bond motifs is 3. The summed E-state index contributed by atoms with van der Waals surface area (Å²) in [6, 6.07) is 98.1. The first-order chi connectivity index (χ1) is 34.7. The molecule has 0 radical (unpaired) electrons. The molecule has 0 aliphatic rings. The van der Waals surface area contributed by atoms with Gasteiger partial charge in [-0.1, -0.05) is 208 Å². The molecule has 0 saturated heterocycles. The first kappa shape index (κ1) is 43.6. The molecule has 2 heteroatoms. The lowest BCUT2D eigenvalue weighted by atomic mass is 9.96. The molecule has 0 fully saturated rings. The zero-order chi connectivity index (χ0) is 47.2. The largest absolute Gasteiger partial charge is 0.456 e. The van der Waals surface area contributed by atoms with E-state index in [-0.39, 0.29) is 0 Å². The minimum atomic E-state index is 0.901. The zero-order valence-corrected chi connectivity index (χ0v) is 39.3. The third kappa shape index (κ3) is 8.95. The van der Waals surface area contributed by atoms with Crippen LogP contribution >= 0.6 is 0 Å². The van der Waals surface area contributed by atoms with Gasteiger partial charge in [0.25, 0.3) is 0 Å². The minimum Gasteiger partial charge on any atom is -0.456 e. The molecular formula is C68H51NO. The van der Waals surface area contributed by atoms with Gasteiger partial charge >= 0.3 is 0 Å². The van der Waals surface area contributed by atoms with E-state index in [4.69, 9.17) is 4.42 Å². The van der Waals surface area contributed by atoms with Crippen LogP contribution in [0.3, 0.4) is 0 Å². The molecular weight excluding hydrogens is 847 g/mol. The highest BCUT2D eigenvalue weighted by molar-refractivity contribution is 6.06. The van der Waals surface area contributed by atoms with Crippen LogP contribution in [0.4, 0.5) is 17.1 Å². The summed E-state index contributed by atoms with van der Waals surface area (Å²) in [6.07, 6.45) is 0. The Bertz CT molecular complexity index is 3530. The summed E-state index contributed by atoms with van der Waals surface area (Å²) in [7, 11) is 0. The van der Waals surface area contributed by atoms with Crippen molar-refractivity contribution in [3.63, 3.8) is 0 Å². The van der Waals surface area contributed by atoms with Crippen molar-refractivity contribution >= 4 is 39.0 Å². The number of para-hydroxylation sites is 1. The van der Waals surface area contributed by atoms with Gasteiger partial charge in [-0.05, 0) is 157 Å². The average molecular weight is 898 g/mol. The molecule has 1 heterocycles. The molecule has 11 aromatic carbocycles. The summed E-state index contributed by atoms with van der Waals surface area (Å²) in [5.74, 6) is 0. The van der Waals surface area contributed by atoms with Gasteiger partial charge in [0.15, 0.2) is 0 Å². The van der Waals surface area contributed by atoms with Gasteiger partial charge in [0, 0.05) is 27.8 Å². The number of furan rings is 1. The number of hydrogen-bond donors (Lipinski definition) is 0. The fraction of sp³-hybridized carbons (Fsp3) is 0.0294. The van der Waals surface area contributed by atoms with Crippen LogP contribution < -0.4 is 4.90 Å². The Hall–Kier alpha value is -8.98. The Labute approximate surface area is 411 Å². The zero-order valence-electron chi connectivity index (χ0n) is 39.3. The van der Waals surface area contributed by atoms with E-state index in [1.807, 2.05) is 26.0 Å². The Morgan fingerprint density at radius 1 is 0.214 bits per heavy atom. The molecule has 12 rings (SSSR count). The first-order valence-electron chi connectivity index (χ1n) is 24.2. The third-order valence-electron chi connectivity index (χ3n) is 13.1. The van der Waals surface area contributed by atoms with Gasteiger partial charge in [0.05, 0.1) is 0 Å². The van der Waals surface area contributed by atoms with Crippen LogP contribution in [0.25, 0.3) is 99.8 Å². The molecule has 0 saturated carbocycles. The van der Waals surface area contributed by atoms with Gasteiger partial charge in [0.1, 0.15) is 11.2 Å². The molecule has 0 aliphatic carbocycles. The van der Waals surface area contributed by atoms with Gasteiger partial charge in [-0.25, -0.2) is 0 Å². The molecule has 0 amide bonds. The van der Waals surface area contributed by atoms with Crippen molar-refractivity contribution in [1.82, 2.24) is 0 Å². The van der Waals surface area contributed by atoms with Crippen molar-refractivity contribution in [1.29, 1.82) is 0 Å². The van der Waals surface area contributed by atoms with E-state index in [1.54, 1.807) is 0 Å². The second kappa shape index (κ2) is 19.7. The van der Waals surface area contributed by atoms with Crippen LogP contribution in [0.5, 0.6) is 0 Å². The van der Waals surface area contributed by atoms with E-state index in [2.05, 4.69) is 266 Å². The molecule has 0 aliphatic heterocycles. The maximum Gasteiger partial charge on any atom is 0.135 e. The number of nitrogens with zero attached hydrogens (tertiary/aromatic N) is 1. The van der Waals surface area contributed by atoms with Crippen molar-refractivity contribution in [3.8, 4) is 77.9 Å². The highest BCUT2D eigenvalue weighted by atomic mass is 16.3. The summed E-state index contributed by atoms with van der Waals surface area (Å²) in [6.45, 7) is 4.00. The smallest absolute Gasteiger partial charge is 0.135 e. The fourth-order valence-electron chi connectivity index (χ4n) is 9.54. The molecule has 1 aromatic heterocycles. The number of benzene rings is 11. The van der Waals surface area contributed by atoms with E-state index >= 15 is 0 Å². The molecule has 0 atom stereocenters. The van der Waals surface area contributed by atoms with Crippen LogP contribution in [0.1, 0.15) is 13.8 Å². The van der Waals surface area contributed by atoms with E-state index in [9.17, 15) is 0 Å². The Balaban J connectivity index is 0.00000263.